The number of aliphatic hydroxyl groups excluding tert-OH is 1. The van der Waals surface area contributed by atoms with E-state index < -0.39 is 0 Å². The van der Waals surface area contributed by atoms with E-state index in [0.717, 1.165) is 18.4 Å². The van der Waals surface area contributed by atoms with E-state index in [1.165, 1.54) is 11.8 Å². The molecule has 0 heterocycles. The number of aliphatic hydroxyl groups is 1. The highest BCUT2D eigenvalue weighted by atomic mass is 16.2. The molecule has 0 aromatic rings. The number of ketones is 1. The summed E-state index contributed by atoms with van der Waals surface area (Å²) in [4.78, 5) is 12.5. The third-order valence-corrected chi connectivity index (χ3v) is 6.50. The monoisotopic (exact) mass is 309 g/mol. The molecular formula is C19H21N2O2. The lowest BCUT2D eigenvalue weighted by Gasteiger charge is -2.49. The molecule has 119 valence electrons. The summed E-state index contributed by atoms with van der Waals surface area (Å²) in [6.45, 7) is 2.07. The second kappa shape index (κ2) is 5.02. The lowest BCUT2D eigenvalue weighted by Crippen LogP contribution is -2.45. The number of nitrogens with zero attached hydrogens (tertiary/aromatic N) is 2. The minimum absolute atomic E-state index is 0.116. The van der Waals surface area contributed by atoms with Crippen LogP contribution in [0.1, 0.15) is 26.2 Å². The topological polar surface area (TPSA) is 72.0 Å². The van der Waals surface area contributed by atoms with Gasteiger partial charge in [0.25, 0.3) is 0 Å². The van der Waals surface area contributed by atoms with Crippen molar-refractivity contribution in [1.82, 2.24) is 5.53 Å². The van der Waals surface area contributed by atoms with Crippen molar-refractivity contribution < 1.29 is 9.90 Å². The standard InChI is InChI=1S/C19H21N2O2/c1-19-7-6-15-14-5-3-13(21-20)8-11(14)2-4-16(15)18(19)12(10-22)9-17(19)23/h2-5,8,10,13-16,18,22H,6-7,9H2,1H3/t13?,14?,15?,16?,18?,19-/m1/s1. The molecule has 5 unspecified atom stereocenters. The summed E-state index contributed by atoms with van der Waals surface area (Å²) >= 11 is 0. The molecule has 1 radical (unpaired) electrons. The van der Waals surface area contributed by atoms with Crippen molar-refractivity contribution in [3.8, 4) is 0 Å². The van der Waals surface area contributed by atoms with Gasteiger partial charge in [0, 0.05) is 23.7 Å². The highest BCUT2D eigenvalue weighted by Gasteiger charge is 2.57. The van der Waals surface area contributed by atoms with Crippen LogP contribution in [0.15, 0.2) is 52.9 Å². The van der Waals surface area contributed by atoms with Gasteiger partial charge in [-0.05, 0) is 41.4 Å². The Morgan fingerprint density at radius 3 is 2.96 bits per heavy atom. The van der Waals surface area contributed by atoms with Gasteiger partial charge in [-0.1, -0.05) is 37.3 Å². The number of carbonyl (C=O) groups is 1. The van der Waals surface area contributed by atoms with Gasteiger partial charge in [0.05, 0.1) is 6.26 Å². The first-order valence-electron chi connectivity index (χ1n) is 8.37. The van der Waals surface area contributed by atoms with Crippen LogP contribution in [-0.2, 0) is 4.79 Å². The van der Waals surface area contributed by atoms with Crippen LogP contribution in [0.3, 0.4) is 0 Å². The van der Waals surface area contributed by atoms with Gasteiger partial charge in [-0.25, -0.2) is 0 Å². The summed E-state index contributed by atoms with van der Waals surface area (Å²) in [5, 5.41) is 13.0. The molecule has 0 bridgehead atoms. The van der Waals surface area contributed by atoms with Crippen molar-refractivity contribution in [3.05, 3.63) is 47.8 Å². The predicted molar refractivity (Wildman–Crippen MR) is 86.3 cm³/mol. The molecule has 1 N–H and O–H groups in total. The summed E-state index contributed by atoms with van der Waals surface area (Å²) in [5.74, 6) is 1.44. The summed E-state index contributed by atoms with van der Waals surface area (Å²) < 4.78 is 0. The minimum Gasteiger partial charge on any atom is -0.516 e. The van der Waals surface area contributed by atoms with Crippen LogP contribution in [-0.4, -0.2) is 16.9 Å². The van der Waals surface area contributed by atoms with Gasteiger partial charge in [-0.3, -0.25) is 4.79 Å². The maximum atomic E-state index is 12.5. The molecule has 4 rings (SSSR count). The molecule has 0 aromatic carbocycles. The number of hydrogen-bond donors (Lipinski definition) is 1. The second-order valence-corrected chi connectivity index (χ2v) is 7.52. The van der Waals surface area contributed by atoms with Gasteiger partial charge >= 0.3 is 0 Å². The molecule has 0 spiro atoms. The highest BCUT2D eigenvalue weighted by molar-refractivity contribution is 5.91. The Morgan fingerprint density at radius 1 is 1.39 bits per heavy atom. The lowest BCUT2D eigenvalue weighted by atomic mass is 9.54. The first-order valence-corrected chi connectivity index (χ1v) is 8.37. The number of fused-ring (bicyclic) bond motifs is 5. The zero-order valence-corrected chi connectivity index (χ0v) is 13.2. The predicted octanol–water partition coefficient (Wildman–Crippen LogP) is 3.35. The van der Waals surface area contributed by atoms with Gasteiger partial charge < -0.3 is 5.11 Å². The molecule has 2 fully saturated rings. The maximum Gasteiger partial charge on any atom is 0.143 e. The number of rotatable bonds is 1. The molecule has 0 aliphatic heterocycles. The molecule has 0 aromatic heterocycles. The van der Waals surface area contributed by atoms with Crippen LogP contribution in [0.4, 0.5) is 0 Å². The van der Waals surface area contributed by atoms with Crippen LogP contribution < -0.4 is 5.53 Å². The smallest absolute Gasteiger partial charge is 0.143 e. The van der Waals surface area contributed by atoms with Gasteiger partial charge in [-0.2, -0.15) is 5.11 Å². The van der Waals surface area contributed by atoms with Crippen molar-refractivity contribution in [3.63, 3.8) is 0 Å². The van der Waals surface area contributed by atoms with E-state index in [-0.39, 0.29) is 29.1 Å². The van der Waals surface area contributed by atoms with Crippen LogP contribution >= 0.6 is 0 Å². The molecule has 0 amide bonds. The molecule has 2 saturated carbocycles. The third-order valence-electron chi connectivity index (χ3n) is 6.50. The van der Waals surface area contributed by atoms with Crippen LogP contribution in [0.2, 0.25) is 0 Å². The summed E-state index contributed by atoms with van der Waals surface area (Å²) in [7, 11) is 0. The van der Waals surface area contributed by atoms with Crippen molar-refractivity contribution in [1.29, 1.82) is 0 Å². The second-order valence-electron chi connectivity index (χ2n) is 7.52. The first-order chi connectivity index (χ1) is 11.1. The molecule has 0 saturated heterocycles. The number of hydrogen-bond acceptors (Lipinski definition) is 3. The fourth-order valence-corrected chi connectivity index (χ4v) is 5.31. The SMILES string of the molecule is C[C@]12CCC3C4C=CC(N=[N])C=C4C=CC3C1C(=CO)CC2=O. The maximum absolute atomic E-state index is 12.5. The van der Waals surface area contributed by atoms with Crippen LogP contribution in [0.25, 0.3) is 0 Å². The zero-order chi connectivity index (χ0) is 16.2. The van der Waals surface area contributed by atoms with Gasteiger partial charge in [0.1, 0.15) is 11.8 Å². The molecule has 4 aliphatic carbocycles. The summed E-state index contributed by atoms with van der Waals surface area (Å²) in [6.07, 6.45) is 13.9. The van der Waals surface area contributed by atoms with Gasteiger partial charge in [-0.15, -0.1) is 0 Å². The van der Waals surface area contributed by atoms with E-state index in [9.17, 15) is 9.90 Å². The molecule has 4 aliphatic rings. The summed E-state index contributed by atoms with van der Waals surface area (Å²) in [5.41, 5.74) is 10.8. The third kappa shape index (κ3) is 1.93. The van der Waals surface area contributed by atoms with Gasteiger partial charge in [0.15, 0.2) is 0 Å². The van der Waals surface area contributed by atoms with E-state index in [4.69, 9.17) is 5.53 Å². The fourth-order valence-electron chi connectivity index (χ4n) is 5.31. The number of carbonyl (C=O) groups excluding carboxylic acids is 1. The van der Waals surface area contributed by atoms with Crippen molar-refractivity contribution >= 4 is 5.78 Å². The molecular weight excluding hydrogens is 288 g/mol. The Balaban J connectivity index is 1.75. The minimum atomic E-state index is -0.331. The van der Waals surface area contributed by atoms with Crippen molar-refractivity contribution in [2.75, 3.05) is 0 Å². The molecule has 4 heteroatoms. The molecule has 4 nitrogen and oxygen atoms in total. The van der Waals surface area contributed by atoms with E-state index in [1.54, 1.807) is 0 Å². The Morgan fingerprint density at radius 2 is 2.22 bits per heavy atom. The van der Waals surface area contributed by atoms with E-state index >= 15 is 0 Å². The van der Waals surface area contributed by atoms with Crippen molar-refractivity contribution in [2.45, 2.75) is 32.2 Å². The highest BCUT2D eigenvalue weighted by Crippen LogP contribution is 2.60. The van der Waals surface area contributed by atoms with Crippen LogP contribution in [0.5, 0.6) is 0 Å². The zero-order valence-electron chi connectivity index (χ0n) is 13.2. The molecule has 6 atom stereocenters. The van der Waals surface area contributed by atoms with Crippen molar-refractivity contribution in [2.24, 2.45) is 34.2 Å². The normalized spacial score (nSPS) is 46.1. The lowest BCUT2D eigenvalue weighted by molar-refractivity contribution is -0.129. The Kier molecular flexibility index (Phi) is 3.19. The fraction of sp³-hybridized carbons (Fsp3) is 0.526. The largest absolute Gasteiger partial charge is 0.516 e. The first kappa shape index (κ1) is 14.6. The average molecular weight is 309 g/mol. The molecule has 23 heavy (non-hydrogen) atoms. The van der Waals surface area contributed by atoms with Gasteiger partial charge in [0.2, 0.25) is 0 Å². The van der Waals surface area contributed by atoms with E-state index in [2.05, 4.69) is 30.3 Å². The van der Waals surface area contributed by atoms with E-state index in [1.807, 2.05) is 12.2 Å². The summed E-state index contributed by atoms with van der Waals surface area (Å²) in [6, 6.07) is -0.253. The Labute approximate surface area is 136 Å². The average Bonchev–Trinajstić information content (AvgIpc) is 2.85. The quantitative estimate of drug-likeness (QED) is 0.458. The number of Topliss-reactive ketones (excluding diaryl/α,β-unsaturated/α-hetero) is 1. The van der Waals surface area contributed by atoms with E-state index in [0.29, 0.717) is 18.3 Å². The Bertz CT molecular complexity index is 687. The number of allylic oxidation sites excluding steroid dienone is 5. The Hall–Kier alpha value is -1.97. The van der Waals surface area contributed by atoms with Crippen LogP contribution in [0, 0.1) is 29.1 Å².